The third-order valence-corrected chi connectivity index (χ3v) is 3.86. The van der Waals surface area contributed by atoms with Crippen molar-refractivity contribution in [1.82, 2.24) is 4.98 Å². The molecule has 1 aromatic heterocycles. The summed E-state index contributed by atoms with van der Waals surface area (Å²) in [6.45, 7) is 0.468. The van der Waals surface area contributed by atoms with Crippen LogP contribution in [-0.4, -0.2) is 22.7 Å². The monoisotopic (exact) mass is 339 g/mol. The number of carbonyl (C=O) groups is 1. The van der Waals surface area contributed by atoms with Crippen molar-refractivity contribution in [3.05, 3.63) is 60.5 Å². The predicted molar refractivity (Wildman–Crippen MR) is 94.1 cm³/mol. The van der Waals surface area contributed by atoms with Crippen LogP contribution in [0.1, 0.15) is 19.3 Å². The maximum atomic E-state index is 13.4. The number of rotatable bonds is 7. The van der Waals surface area contributed by atoms with E-state index >= 15 is 0 Å². The van der Waals surface area contributed by atoms with Crippen LogP contribution in [0.25, 0.3) is 22.0 Å². The summed E-state index contributed by atoms with van der Waals surface area (Å²) in [4.78, 5) is 14.9. The maximum Gasteiger partial charge on any atom is 0.303 e. The van der Waals surface area contributed by atoms with Crippen molar-refractivity contribution in [1.29, 1.82) is 0 Å². The number of ether oxygens (including phenoxy) is 1. The Morgan fingerprint density at radius 1 is 1.08 bits per heavy atom. The van der Waals surface area contributed by atoms with Crippen LogP contribution in [0.3, 0.4) is 0 Å². The second-order valence-electron chi connectivity index (χ2n) is 5.79. The van der Waals surface area contributed by atoms with E-state index < -0.39 is 5.97 Å². The molecule has 0 aliphatic carbocycles. The molecule has 2 aromatic carbocycles. The van der Waals surface area contributed by atoms with Gasteiger partial charge in [0.1, 0.15) is 11.6 Å². The lowest BCUT2D eigenvalue weighted by atomic mass is 10.1. The van der Waals surface area contributed by atoms with E-state index in [9.17, 15) is 9.18 Å². The zero-order chi connectivity index (χ0) is 17.6. The Labute approximate surface area is 144 Å². The van der Waals surface area contributed by atoms with Gasteiger partial charge in [0.15, 0.2) is 0 Å². The zero-order valence-corrected chi connectivity index (χ0v) is 13.6. The molecule has 128 valence electrons. The van der Waals surface area contributed by atoms with Crippen molar-refractivity contribution in [3.63, 3.8) is 0 Å². The fourth-order valence-corrected chi connectivity index (χ4v) is 2.59. The number of benzene rings is 2. The van der Waals surface area contributed by atoms with Crippen molar-refractivity contribution in [2.75, 3.05) is 6.61 Å². The molecule has 0 radical (unpaired) electrons. The first-order chi connectivity index (χ1) is 12.1. The van der Waals surface area contributed by atoms with Gasteiger partial charge in [0.05, 0.1) is 12.1 Å². The fraction of sp³-hybridized carbons (Fsp3) is 0.200. The average molecular weight is 339 g/mol. The predicted octanol–water partition coefficient (Wildman–Crippen LogP) is 4.67. The van der Waals surface area contributed by atoms with E-state index in [1.54, 1.807) is 12.3 Å². The highest BCUT2D eigenvalue weighted by atomic mass is 19.1. The number of nitrogens with zero attached hydrogens (tertiary/aromatic N) is 1. The standard InChI is InChI=1S/C20H18FNO3/c21-17-5-3-4-14(11-17)16-10-15-12-18(7-8-19(15)22-13-16)25-9-2-1-6-20(23)24/h3-5,7-8,10-13H,1-2,6,9H2,(H,23,24). The minimum absolute atomic E-state index is 0.155. The quantitative estimate of drug-likeness (QED) is 0.635. The summed E-state index contributed by atoms with van der Waals surface area (Å²) in [6.07, 6.45) is 3.16. The fourth-order valence-electron chi connectivity index (χ4n) is 2.59. The molecule has 0 unspecified atom stereocenters. The van der Waals surface area contributed by atoms with E-state index in [0.29, 0.717) is 25.2 Å². The average Bonchev–Trinajstić information content (AvgIpc) is 2.60. The second kappa shape index (κ2) is 7.75. The highest BCUT2D eigenvalue weighted by Gasteiger charge is 2.04. The van der Waals surface area contributed by atoms with E-state index in [1.807, 2.05) is 30.3 Å². The van der Waals surface area contributed by atoms with Gasteiger partial charge in [-0.05, 0) is 54.8 Å². The first-order valence-electron chi connectivity index (χ1n) is 8.12. The van der Waals surface area contributed by atoms with Gasteiger partial charge in [0.2, 0.25) is 0 Å². The lowest BCUT2D eigenvalue weighted by molar-refractivity contribution is -0.137. The molecule has 0 fully saturated rings. The van der Waals surface area contributed by atoms with E-state index in [4.69, 9.17) is 9.84 Å². The summed E-state index contributed by atoms with van der Waals surface area (Å²) in [5.41, 5.74) is 2.44. The van der Waals surface area contributed by atoms with Crippen molar-refractivity contribution in [2.45, 2.75) is 19.3 Å². The normalized spacial score (nSPS) is 10.8. The highest BCUT2D eigenvalue weighted by molar-refractivity contribution is 5.84. The Balaban J connectivity index is 1.73. The summed E-state index contributed by atoms with van der Waals surface area (Å²) in [7, 11) is 0. The number of fused-ring (bicyclic) bond motifs is 1. The van der Waals surface area contributed by atoms with Crippen molar-refractivity contribution in [2.24, 2.45) is 0 Å². The number of unbranched alkanes of at least 4 members (excludes halogenated alkanes) is 1. The number of hydrogen-bond acceptors (Lipinski definition) is 3. The molecule has 0 saturated carbocycles. The molecule has 0 saturated heterocycles. The first kappa shape index (κ1) is 16.9. The Kier molecular flexibility index (Phi) is 5.23. The van der Waals surface area contributed by atoms with Crippen LogP contribution < -0.4 is 4.74 Å². The summed E-state index contributed by atoms with van der Waals surface area (Å²) in [5.74, 6) is -0.362. The second-order valence-corrected chi connectivity index (χ2v) is 5.79. The third kappa shape index (κ3) is 4.53. The summed E-state index contributed by atoms with van der Waals surface area (Å²) in [6, 6.07) is 14.0. The molecule has 3 aromatic rings. The third-order valence-electron chi connectivity index (χ3n) is 3.86. The summed E-state index contributed by atoms with van der Waals surface area (Å²) >= 11 is 0. The molecule has 0 spiro atoms. The molecule has 1 N–H and O–H groups in total. The molecule has 5 heteroatoms. The number of aromatic nitrogens is 1. The van der Waals surface area contributed by atoms with Gasteiger partial charge in [-0.2, -0.15) is 0 Å². The summed E-state index contributed by atoms with van der Waals surface area (Å²) < 4.78 is 19.1. The molecule has 4 nitrogen and oxygen atoms in total. The van der Waals surface area contributed by atoms with E-state index in [2.05, 4.69) is 4.98 Å². The van der Waals surface area contributed by atoms with E-state index in [-0.39, 0.29) is 12.2 Å². The Morgan fingerprint density at radius 3 is 2.76 bits per heavy atom. The smallest absolute Gasteiger partial charge is 0.303 e. The van der Waals surface area contributed by atoms with Gasteiger partial charge >= 0.3 is 5.97 Å². The first-order valence-corrected chi connectivity index (χ1v) is 8.12. The van der Waals surface area contributed by atoms with Crippen LogP contribution >= 0.6 is 0 Å². The Morgan fingerprint density at radius 2 is 1.96 bits per heavy atom. The number of carboxylic acids is 1. The number of pyridine rings is 1. The van der Waals surface area contributed by atoms with Crippen molar-refractivity contribution in [3.8, 4) is 16.9 Å². The number of carboxylic acid groups (broad SMARTS) is 1. The van der Waals surface area contributed by atoms with Crippen LogP contribution in [0.4, 0.5) is 4.39 Å². The van der Waals surface area contributed by atoms with Gasteiger partial charge in [-0.15, -0.1) is 0 Å². The molecule has 0 atom stereocenters. The van der Waals surface area contributed by atoms with E-state index in [1.165, 1.54) is 12.1 Å². The van der Waals surface area contributed by atoms with Gasteiger partial charge in [-0.3, -0.25) is 9.78 Å². The highest BCUT2D eigenvalue weighted by Crippen LogP contribution is 2.26. The molecular formula is C20H18FNO3. The van der Waals surface area contributed by atoms with Crippen LogP contribution in [-0.2, 0) is 4.79 Å². The summed E-state index contributed by atoms with van der Waals surface area (Å²) in [5, 5.41) is 9.52. The topological polar surface area (TPSA) is 59.4 Å². The Bertz CT molecular complexity index is 895. The molecule has 1 heterocycles. The number of hydrogen-bond donors (Lipinski definition) is 1. The van der Waals surface area contributed by atoms with Gasteiger partial charge < -0.3 is 9.84 Å². The van der Waals surface area contributed by atoms with Crippen molar-refractivity contribution < 1.29 is 19.0 Å². The van der Waals surface area contributed by atoms with Gasteiger partial charge in [0.25, 0.3) is 0 Å². The van der Waals surface area contributed by atoms with Crippen LogP contribution in [0.5, 0.6) is 5.75 Å². The van der Waals surface area contributed by atoms with E-state index in [0.717, 1.165) is 22.0 Å². The van der Waals surface area contributed by atoms with Gasteiger partial charge in [0, 0.05) is 23.6 Å². The largest absolute Gasteiger partial charge is 0.494 e. The Hall–Kier alpha value is -2.95. The number of halogens is 1. The molecule has 25 heavy (non-hydrogen) atoms. The molecule has 0 aliphatic rings. The molecule has 0 bridgehead atoms. The SMILES string of the molecule is O=C(O)CCCCOc1ccc2ncc(-c3cccc(F)c3)cc2c1. The van der Waals surface area contributed by atoms with Crippen LogP contribution in [0.2, 0.25) is 0 Å². The minimum atomic E-state index is -0.790. The molecule has 0 aliphatic heterocycles. The van der Waals surface area contributed by atoms with Crippen LogP contribution in [0.15, 0.2) is 54.7 Å². The maximum absolute atomic E-state index is 13.4. The lowest BCUT2D eigenvalue weighted by Crippen LogP contribution is -2.00. The van der Waals surface area contributed by atoms with Crippen molar-refractivity contribution >= 4 is 16.9 Å². The number of aliphatic carboxylic acids is 1. The lowest BCUT2D eigenvalue weighted by Gasteiger charge is -2.08. The molecule has 0 amide bonds. The van der Waals surface area contributed by atoms with Gasteiger partial charge in [-0.1, -0.05) is 12.1 Å². The van der Waals surface area contributed by atoms with Crippen LogP contribution in [0, 0.1) is 5.82 Å². The zero-order valence-electron chi connectivity index (χ0n) is 13.6. The van der Waals surface area contributed by atoms with Gasteiger partial charge in [-0.25, -0.2) is 4.39 Å². The molecular weight excluding hydrogens is 321 g/mol. The minimum Gasteiger partial charge on any atom is -0.494 e. The molecule has 3 rings (SSSR count).